The number of carbonyl (C=O) groups excluding carboxylic acids is 1. The second-order valence-electron chi connectivity index (χ2n) is 4.21. The Morgan fingerprint density at radius 3 is 2.73 bits per heavy atom. The summed E-state index contributed by atoms with van der Waals surface area (Å²) in [6.07, 6.45) is 2.81. The SMILES string of the molecule is CCCCOC(=O)N1C[C@@H](CC)[C@@H](N)C1. The zero-order valence-corrected chi connectivity index (χ0v) is 9.74. The van der Waals surface area contributed by atoms with E-state index in [1.807, 2.05) is 0 Å². The molecule has 4 nitrogen and oxygen atoms in total. The number of likely N-dealkylation sites (tertiary alicyclic amines) is 1. The largest absolute Gasteiger partial charge is 0.449 e. The van der Waals surface area contributed by atoms with Crippen molar-refractivity contribution in [3.05, 3.63) is 0 Å². The van der Waals surface area contributed by atoms with Crippen LogP contribution in [0.5, 0.6) is 0 Å². The molecule has 0 spiro atoms. The van der Waals surface area contributed by atoms with Crippen molar-refractivity contribution in [3.8, 4) is 0 Å². The normalized spacial score (nSPS) is 25.7. The van der Waals surface area contributed by atoms with E-state index in [-0.39, 0.29) is 12.1 Å². The van der Waals surface area contributed by atoms with Crippen LogP contribution in [0.25, 0.3) is 0 Å². The van der Waals surface area contributed by atoms with Crippen LogP contribution < -0.4 is 5.73 Å². The molecule has 1 aliphatic rings. The first-order valence-corrected chi connectivity index (χ1v) is 5.86. The summed E-state index contributed by atoms with van der Waals surface area (Å²) < 4.78 is 5.14. The van der Waals surface area contributed by atoms with Crippen LogP contribution in [-0.4, -0.2) is 36.7 Å². The summed E-state index contributed by atoms with van der Waals surface area (Å²) in [5, 5.41) is 0. The van der Waals surface area contributed by atoms with Gasteiger partial charge >= 0.3 is 6.09 Å². The van der Waals surface area contributed by atoms with Gasteiger partial charge in [-0.25, -0.2) is 4.79 Å². The quantitative estimate of drug-likeness (QED) is 0.723. The van der Waals surface area contributed by atoms with Crippen LogP contribution in [0.3, 0.4) is 0 Å². The molecule has 1 fully saturated rings. The lowest BCUT2D eigenvalue weighted by atomic mass is 10.0. The van der Waals surface area contributed by atoms with Crippen molar-refractivity contribution in [2.45, 2.75) is 39.2 Å². The molecular weight excluding hydrogens is 192 g/mol. The number of rotatable bonds is 4. The minimum absolute atomic E-state index is 0.119. The summed E-state index contributed by atoms with van der Waals surface area (Å²) in [5.74, 6) is 0.434. The molecule has 88 valence electrons. The Morgan fingerprint density at radius 2 is 2.20 bits per heavy atom. The van der Waals surface area contributed by atoms with Crippen LogP contribution in [-0.2, 0) is 4.74 Å². The number of hydrogen-bond donors (Lipinski definition) is 1. The molecule has 1 amide bonds. The van der Waals surface area contributed by atoms with E-state index >= 15 is 0 Å². The highest BCUT2D eigenvalue weighted by molar-refractivity contribution is 5.68. The highest BCUT2D eigenvalue weighted by Gasteiger charge is 2.32. The van der Waals surface area contributed by atoms with Crippen molar-refractivity contribution in [2.75, 3.05) is 19.7 Å². The van der Waals surface area contributed by atoms with Gasteiger partial charge in [0.05, 0.1) is 6.61 Å². The molecule has 2 atom stereocenters. The summed E-state index contributed by atoms with van der Waals surface area (Å²) in [5.41, 5.74) is 5.92. The molecule has 0 radical (unpaired) electrons. The summed E-state index contributed by atoms with van der Waals surface area (Å²) in [6.45, 7) is 6.10. The van der Waals surface area contributed by atoms with Crippen molar-refractivity contribution in [1.82, 2.24) is 4.90 Å². The standard InChI is InChI=1S/C11H22N2O2/c1-3-5-6-15-11(14)13-7-9(4-2)10(12)8-13/h9-10H,3-8,12H2,1-2H3/t9-,10+/m1/s1. The number of hydrogen-bond acceptors (Lipinski definition) is 3. The molecule has 1 rings (SSSR count). The van der Waals surface area contributed by atoms with Gasteiger partial charge in [0.15, 0.2) is 0 Å². The average Bonchev–Trinajstić information content (AvgIpc) is 2.60. The number of carbonyl (C=O) groups is 1. The van der Waals surface area contributed by atoms with Gasteiger partial charge in [-0.05, 0) is 12.3 Å². The molecule has 0 aromatic heterocycles. The van der Waals surface area contributed by atoms with Gasteiger partial charge in [0, 0.05) is 19.1 Å². The minimum Gasteiger partial charge on any atom is -0.449 e. The Balaban J connectivity index is 2.29. The van der Waals surface area contributed by atoms with Crippen molar-refractivity contribution < 1.29 is 9.53 Å². The number of ether oxygens (including phenoxy) is 1. The molecule has 1 aliphatic heterocycles. The van der Waals surface area contributed by atoms with E-state index in [9.17, 15) is 4.79 Å². The van der Waals surface area contributed by atoms with Gasteiger partial charge in [0.1, 0.15) is 0 Å². The minimum atomic E-state index is -0.199. The summed E-state index contributed by atoms with van der Waals surface area (Å²) >= 11 is 0. The fourth-order valence-electron chi connectivity index (χ4n) is 1.87. The van der Waals surface area contributed by atoms with Crippen LogP contribution in [0.2, 0.25) is 0 Å². The third-order valence-corrected chi connectivity index (χ3v) is 3.00. The molecule has 4 heteroatoms. The molecular formula is C11H22N2O2. The van der Waals surface area contributed by atoms with Gasteiger partial charge in [-0.2, -0.15) is 0 Å². The average molecular weight is 214 g/mol. The van der Waals surface area contributed by atoms with E-state index < -0.39 is 0 Å². The van der Waals surface area contributed by atoms with Gasteiger partial charge in [0.25, 0.3) is 0 Å². The first kappa shape index (κ1) is 12.3. The maximum Gasteiger partial charge on any atom is 0.409 e. The Morgan fingerprint density at radius 1 is 1.47 bits per heavy atom. The van der Waals surface area contributed by atoms with Crippen LogP contribution in [0, 0.1) is 5.92 Å². The third-order valence-electron chi connectivity index (χ3n) is 3.00. The van der Waals surface area contributed by atoms with E-state index in [4.69, 9.17) is 10.5 Å². The van der Waals surface area contributed by atoms with E-state index in [1.54, 1.807) is 4.90 Å². The second-order valence-corrected chi connectivity index (χ2v) is 4.21. The highest BCUT2D eigenvalue weighted by Crippen LogP contribution is 2.18. The van der Waals surface area contributed by atoms with Crippen LogP contribution >= 0.6 is 0 Å². The van der Waals surface area contributed by atoms with Crippen LogP contribution in [0.1, 0.15) is 33.1 Å². The van der Waals surface area contributed by atoms with Crippen molar-refractivity contribution in [1.29, 1.82) is 0 Å². The van der Waals surface area contributed by atoms with E-state index in [0.717, 1.165) is 25.8 Å². The van der Waals surface area contributed by atoms with Crippen molar-refractivity contribution in [3.63, 3.8) is 0 Å². The Hall–Kier alpha value is -0.770. The highest BCUT2D eigenvalue weighted by atomic mass is 16.6. The smallest absolute Gasteiger partial charge is 0.409 e. The Kier molecular flexibility index (Phi) is 4.88. The predicted molar refractivity (Wildman–Crippen MR) is 59.6 cm³/mol. The van der Waals surface area contributed by atoms with Crippen molar-refractivity contribution in [2.24, 2.45) is 11.7 Å². The topological polar surface area (TPSA) is 55.6 Å². The number of amides is 1. The van der Waals surface area contributed by atoms with Gasteiger partial charge in [-0.1, -0.05) is 26.7 Å². The van der Waals surface area contributed by atoms with E-state index in [0.29, 0.717) is 19.1 Å². The predicted octanol–water partition coefficient (Wildman–Crippen LogP) is 1.59. The van der Waals surface area contributed by atoms with E-state index in [2.05, 4.69) is 13.8 Å². The molecule has 1 saturated heterocycles. The molecule has 2 N–H and O–H groups in total. The molecule has 0 aromatic carbocycles. The van der Waals surface area contributed by atoms with Gasteiger partial charge < -0.3 is 15.4 Å². The van der Waals surface area contributed by atoms with Gasteiger partial charge in [0.2, 0.25) is 0 Å². The molecule has 0 aromatic rings. The molecule has 0 aliphatic carbocycles. The monoisotopic (exact) mass is 214 g/mol. The molecule has 15 heavy (non-hydrogen) atoms. The summed E-state index contributed by atoms with van der Waals surface area (Å²) in [7, 11) is 0. The van der Waals surface area contributed by atoms with Crippen LogP contribution in [0.15, 0.2) is 0 Å². The number of nitrogens with zero attached hydrogens (tertiary/aromatic N) is 1. The maximum absolute atomic E-state index is 11.6. The van der Waals surface area contributed by atoms with E-state index in [1.165, 1.54) is 0 Å². The summed E-state index contributed by atoms with van der Waals surface area (Å²) in [6, 6.07) is 0.119. The Labute approximate surface area is 91.8 Å². The molecule has 0 unspecified atom stereocenters. The molecule has 0 bridgehead atoms. The number of nitrogens with two attached hydrogens (primary N) is 1. The third kappa shape index (κ3) is 3.38. The lowest BCUT2D eigenvalue weighted by Crippen LogP contribution is -2.32. The van der Waals surface area contributed by atoms with Crippen LogP contribution in [0.4, 0.5) is 4.79 Å². The van der Waals surface area contributed by atoms with Gasteiger partial charge in [-0.15, -0.1) is 0 Å². The Bertz CT molecular complexity index is 209. The van der Waals surface area contributed by atoms with Crippen molar-refractivity contribution >= 4 is 6.09 Å². The first-order valence-electron chi connectivity index (χ1n) is 5.86. The zero-order valence-electron chi connectivity index (χ0n) is 9.74. The molecule has 1 heterocycles. The maximum atomic E-state index is 11.6. The lowest BCUT2D eigenvalue weighted by Gasteiger charge is -2.15. The fraction of sp³-hybridized carbons (Fsp3) is 0.909. The second kappa shape index (κ2) is 5.95. The van der Waals surface area contributed by atoms with Gasteiger partial charge in [-0.3, -0.25) is 0 Å². The summed E-state index contributed by atoms with van der Waals surface area (Å²) in [4.78, 5) is 13.3. The molecule has 0 saturated carbocycles. The fourth-order valence-corrected chi connectivity index (χ4v) is 1.87. The number of unbranched alkanes of at least 4 members (excludes halogenated alkanes) is 1. The lowest BCUT2D eigenvalue weighted by molar-refractivity contribution is 0.108. The zero-order chi connectivity index (χ0) is 11.3. The first-order chi connectivity index (χ1) is 7.19.